The Labute approximate surface area is 246 Å². The van der Waals surface area contributed by atoms with Gasteiger partial charge in [0.2, 0.25) is 5.91 Å². The third kappa shape index (κ3) is 7.09. The van der Waals surface area contributed by atoms with Gasteiger partial charge in [-0.25, -0.2) is 4.98 Å². The first-order valence-electron chi connectivity index (χ1n) is 13.9. The molecule has 1 atom stereocenters. The first kappa shape index (κ1) is 29.5. The molecule has 1 aromatic heterocycles. The molecule has 0 spiro atoms. The molecule has 1 aliphatic heterocycles. The Hall–Kier alpha value is -4.99. The number of hydrogen-bond donors (Lipinski definition) is 2. The van der Waals surface area contributed by atoms with Gasteiger partial charge in [0.05, 0.1) is 11.1 Å². The number of carbonyl (C=O) groups is 3. The zero-order chi connectivity index (χ0) is 30.4. The van der Waals surface area contributed by atoms with Crippen LogP contribution in [-0.4, -0.2) is 40.7 Å². The van der Waals surface area contributed by atoms with Crippen LogP contribution in [0.15, 0.2) is 97.2 Å². The topological polar surface area (TPSA) is 91.4 Å². The molecule has 5 rings (SSSR count). The first-order valence-corrected chi connectivity index (χ1v) is 13.9. The van der Waals surface area contributed by atoms with Gasteiger partial charge >= 0.3 is 6.18 Å². The molecule has 0 saturated carbocycles. The van der Waals surface area contributed by atoms with Crippen LogP contribution in [0.25, 0.3) is 11.1 Å². The monoisotopic (exact) mass is 586 g/mol. The normalized spacial score (nSPS) is 14.1. The molecule has 0 aliphatic carbocycles. The van der Waals surface area contributed by atoms with Crippen molar-refractivity contribution in [3.8, 4) is 11.1 Å². The van der Waals surface area contributed by atoms with Gasteiger partial charge in [-0.15, -0.1) is 0 Å². The fourth-order valence-corrected chi connectivity index (χ4v) is 5.00. The van der Waals surface area contributed by atoms with Crippen molar-refractivity contribution >= 4 is 23.5 Å². The van der Waals surface area contributed by atoms with E-state index in [2.05, 4.69) is 15.6 Å². The Balaban J connectivity index is 1.29. The Morgan fingerprint density at radius 1 is 0.767 bits per heavy atom. The number of nitrogens with zero attached hydrogens (tertiary/aromatic N) is 2. The highest BCUT2D eigenvalue weighted by Crippen LogP contribution is 2.32. The smallest absolute Gasteiger partial charge is 0.341 e. The Bertz CT molecular complexity index is 1580. The lowest BCUT2D eigenvalue weighted by Crippen LogP contribution is -2.45. The Morgan fingerprint density at radius 2 is 1.44 bits per heavy atom. The lowest BCUT2D eigenvalue weighted by Gasteiger charge is -2.31. The van der Waals surface area contributed by atoms with Crippen LogP contribution < -0.4 is 10.6 Å². The number of benzene rings is 3. The van der Waals surface area contributed by atoms with Gasteiger partial charge in [-0.05, 0) is 66.3 Å². The van der Waals surface area contributed by atoms with Gasteiger partial charge in [0.25, 0.3) is 11.8 Å². The lowest BCUT2D eigenvalue weighted by molar-refractivity contribution is -0.137. The molecule has 0 bridgehead atoms. The zero-order valence-corrected chi connectivity index (χ0v) is 23.1. The number of carbonyl (C=O) groups excluding carboxylic acids is 3. The molecule has 2 N–H and O–H groups in total. The van der Waals surface area contributed by atoms with E-state index in [4.69, 9.17) is 0 Å². The van der Waals surface area contributed by atoms with E-state index in [1.54, 1.807) is 41.3 Å². The van der Waals surface area contributed by atoms with Crippen LogP contribution >= 0.6 is 0 Å². The SMILES string of the molecule is O=C(N[C@H](C(=O)N1CCCCC1)c1ccccc1)c1ccc(NC(=O)c2ccccc2-c2ccc(C(F)(F)F)cc2)nc1. The van der Waals surface area contributed by atoms with Crippen molar-refractivity contribution in [3.63, 3.8) is 0 Å². The maximum Gasteiger partial charge on any atom is 0.416 e. The first-order chi connectivity index (χ1) is 20.7. The maximum atomic E-state index is 13.4. The van der Waals surface area contributed by atoms with Crippen LogP contribution in [0.4, 0.5) is 19.0 Å². The molecule has 7 nitrogen and oxygen atoms in total. The molecule has 4 aromatic rings. The summed E-state index contributed by atoms with van der Waals surface area (Å²) in [5, 5.41) is 5.52. The Morgan fingerprint density at radius 3 is 2.09 bits per heavy atom. The van der Waals surface area contributed by atoms with E-state index in [0.29, 0.717) is 29.8 Å². The predicted molar refractivity (Wildman–Crippen MR) is 156 cm³/mol. The minimum Gasteiger partial charge on any atom is -0.341 e. The van der Waals surface area contributed by atoms with Gasteiger partial charge in [0.1, 0.15) is 11.9 Å². The van der Waals surface area contributed by atoms with Crippen LogP contribution in [0.1, 0.15) is 57.1 Å². The third-order valence-corrected chi connectivity index (χ3v) is 7.29. The molecule has 1 aliphatic rings. The fourth-order valence-electron chi connectivity index (χ4n) is 5.00. The van der Waals surface area contributed by atoms with E-state index in [1.165, 1.54) is 30.5 Å². The summed E-state index contributed by atoms with van der Waals surface area (Å²) < 4.78 is 39.0. The molecule has 3 aromatic carbocycles. The average Bonchev–Trinajstić information content (AvgIpc) is 3.04. The molecule has 2 heterocycles. The van der Waals surface area contributed by atoms with Crippen molar-refractivity contribution in [2.45, 2.75) is 31.5 Å². The van der Waals surface area contributed by atoms with Crippen molar-refractivity contribution in [3.05, 3.63) is 119 Å². The summed E-state index contributed by atoms with van der Waals surface area (Å²) in [5.74, 6) is -0.996. The number of amides is 3. The second kappa shape index (κ2) is 12.9. The molecular weight excluding hydrogens is 557 g/mol. The summed E-state index contributed by atoms with van der Waals surface area (Å²) in [5.41, 5.74) is 1.25. The summed E-state index contributed by atoms with van der Waals surface area (Å²) in [6, 6.07) is 22.3. The molecule has 1 saturated heterocycles. The van der Waals surface area contributed by atoms with Crippen LogP contribution in [0.3, 0.4) is 0 Å². The summed E-state index contributed by atoms with van der Waals surface area (Å²) in [4.78, 5) is 45.7. The van der Waals surface area contributed by atoms with Crippen molar-refractivity contribution in [1.29, 1.82) is 0 Å². The summed E-state index contributed by atoms with van der Waals surface area (Å²) >= 11 is 0. The van der Waals surface area contributed by atoms with Gasteiger partial charge in [0.15, 0.2) is 0 Å². The highest BCUT2D eigenvalue weighted by molar-refractivity contribution is 6.08. The molecule has 3 amide bonds. The van der Waals surface area contributed by atoms with E-state index in [9.17, 15) is 27.6 Å². The summed E-state index contributed by atoms with van der Waals surface area (Å²) in [6.45, 7) is 1.30. The van der Waals surface area contributed by atoms with Gasteiger partial charge in [-0.1, -0.05) is 60.7 Å². The van der Waals surface area contributed by atoms with Crippen molar-refractivity contribution in [2.75, 3.05) is 18.4 Å². The number of piperidine rings is 1. The maximum absolute atomic E-state index is 13.4. The van der Waals surface area contributed by atoms with Crippen LogP contribution in [0.5, 0.6) is 0 Å². The number of likely N-dealkylation sites (tertiary alicyclic amines) is 1. The van der Waals surface area contributed by atoms with E-state index < -0.39 is 29.6 Å². The van der Waals surface area contributed by atoms with Gasteiger partial charge in [-0.2, -0.15) is 13.2 Å². The molecule has 1 fully saturated rings. The third-order valence-electron chi connectivity index (χ3n) is 7.29. The summed E-state index contributed by atoms with van der Waals surface area (Å²) in [7, 11) is 0. The van der Waals surface area contributed by atoms with Gasteiger partial charge in [-0.3, -0.25) is 14.4 Å². The van der Waals surface area contributed by atoms with Crippen LogP contribution in [-0.2, 0) is 11.0 Å². The number of anilines is 1. The van der Waals surface area contributed by atoms with Crippen LogP contribution in [0.2, 0.25) is 0 Å². The lowest BCUT2D eigenvalue weighted by atomic mass is 9.98. The molecule has 43 heavy (non-hydrogen) atoms. The van der Waals surface area contributed by atoms with Gasteiger partial charge < -0.3 is 15.5 Å². The van der Waals surface area contributed by atoms with E-state index in [0.717, 1.165) is 31.4 Å². The second-order valence-electron chi connectivity index (χ2n) is 10.2. The molecular formula is C33H29F3N4O3. The number of nitrogens with one attached hydrogen (secondary N) is 2. The number of rotatable bonds is 7. The quantitative estimate of drug-likeness (QED) is 0.259. The number of aromatic nitrogens is 1. The summed E-state index contributed by atoms with van der Waals surface area (Å²) in [6.07, 6.45) is -0.239. The zero-order valence-electron chi connectivity index (χ0n) is 23.1. The largest absolute Gasteiger partial charge is 0.416 e. The molecule has 0 radical (unpaired) electrons. The average molecular weight is 587 g/mol. The number of halogens is 3. The highest BCUT2D eigenvalue weighted by atomic mass is 19.4. The van der Waals surface area contributed by atoms with E-state index in [-0.39, 0.29) is 22.9 Å². The standard InChI is InChI=1S/C33H29F3N4O3/c34-33(35,36)25-16-13-22(14-17-25)26-11-5-6-12-27(26)31(42)38-28-18-15-24(21-37-28)30(41)39-29(23-9-3-1-4-10-23)32(43)40-19-7-2-8-20-40/h1,3-6,9-18,21,29H,2,7-8,19-20H2,(H,39,41)(H,37,38,42)/t29-/m0/s1. The van der Waals surface area contributed by atoms with Crippen molar-refractivity contribution in [1.82, 2.24) is 15.2 Å². The van der Waals surface area contributed by atoms with Gasteiger partial charge in [0, 0.05) is 24.8 Å². The molecule has 10 heteroatoms. The van der Waals surface area contributed by atoms with Crippen molar-refractivity contribution in [2.24, 2.45) is 0 Å². The fraction of sp³-hybridized carbons (Fsp3) is 0.212. The minimum absolute atomic E-state index is 0.164. The number of hydrogen-bond acceptors (Lipinski definition) is 4. The second-order valence-corrected chi connectivity index (χ2v) is 10.2. The van der Waals surface area contributed by atoms with Crippen molar-refractivity contribution < 1.29 is 27.6 Å². The predicted octanol–water partition coefficient (Wildman–Crippen LogP) is 6.50. The molecule has 220 valence electrons. The van der Waals surface area contributed by atoms with E-state index >= 15 is 0 Å². The minimum atomic E-state index is -4.46. The number of pyridine rings is 1. The Kier molecular flexibility index (Phi) is 8.85. The van der Waals surface area contributed by atoms with E-state index in [1.807, 2.05) is 18.2 Å². The van der Waals surface area contributed by atoms with Crippen LogP contribution in [0, 0.1) is 0 Å². The molecule has 0 unspecified atom stereocenters. The number of alkyl halides is 3. The highest BCUT2D eigenvalue weighted by Gasteiger charge is 2.30.